The summed E-state index contributed by atoms with van der Waals surface area (Å²) in [6, 6.07) is 5.45. The Morgan fingerprint density at radius 2 is 2.11 bits per heavy atom. The number of ether oxygens (including phenoxy) is 1. The molecule has 0 N–H and O–H groups in total. The summed E-state index contributed by atoms with van der Waals surface area (Å²) in [6.45, 7) is 1.40. The minimum absolute atomic E-state index is 0.0385. The summed E-state index contributed by atoms with van der Waals surface area (Å²) in [5.41, 5.74) is -0.0818. The zero-order valence-electron chi connectivity index (χ0n) is 9.68. The SMILES string of the molecule is C[C@@H](C#N)OC(=O)c1cc(S(C)(=O)=O)ccc1Cl. The molecule has 0 fully saturated rings. The third-order valence-corrected chi connectivity index (χ3v) is 3.49. The van der Waals surface area contributed by atoms with Crippen LogP contribution in [0.4, 0.5) is 0 Å². The van der Waals surface area contributed by atoms with Gasteiger partial charge in [0.25, 0.3) is 0 Å². The van der Waals surface area contributed by atoms with Crippen LogP contribution in [0.2, 0.25) is 5.02 Å². The van der Waals surface area contributed by atoms with Gasteiger partial charge in [0.05, 0.1) is 15.5 Å². The van der Waals surface area contributed by atoms with Gasteiger partial charge >= 0.3 is 5.97 Å². The number of hydrogen-bond acceptors (Lipinski definition) is 5. The summed E-state index contributed by atoms with van der Waals surface area (Å²) in [6.07, 6.45) is 0.0824. The molecule has 18 heavy (non-hydrogen) atoms. The number of nitriles is 1. The van der Waals surface area contributed by atoms with E-state index < -0.39 is 21.9 Å². The van der Waals surface area contributed by atoms with Crippen molar-refractivity contribution in [1.82, 2.24) is 0 Å². The lowest BCUT2D eigenvalue weighted by molar-refractivity contribution is 0.0435. The highest BCUT2D eigenvalue weighted by Gasteiger charge is 2.18. The summed E-state index contributed by atoms with van der Waals surface area (Å²) in [4.78, 5) is 11.6. The fraction of sp³-hybridized carbons (Fsp3) is 0.273. The summed E-state index contributed by atoms with van der Waals surface area (Å²) in [5.74, 6) is -0.834. The molecular weight excluding hydrogens is 278 g/mol. The molecule has 0 spiro atoms. The number of rotatable bonds is 3. The van der Waals surface area contributed by atoms with Crippen molar-refractivity contribution in [2.75, 3.05) is 6.26 Å². The number of hydrogen-bond donors (Lipinski definition) is 0. The normalized spacial score (nSPS) is 12.6. The van der Waals surface area contributed by atoms with Crippen LogP contribution in [0.1, 0.15) is 17.3 Å². The maximum atomic E-state index is 11.7. The van der Waals surface area contributed by atoms with Crippen molar-refractivity contribution in [3.8, 4) is 6.07 Å². The van der Waals surface area contributed by atoms with Crippen LogP contribution in [0.15, 0.2) is 23.1 Å². The van der Waals surface area contributed by atoms with Crippen molar-refractivity contribution in [3.05, 3.63) is 28.8 Å². The molecule has 0 aliphatic rings. The standard InChI is InChI=1S/C11H10ClNO4S/c1-7(6-13)17-11(14)9-5-8(18(2,15)16)3-4-10(9)12/h3-5,7H,1-2H3/t7-/m0/s1. The Kier molecular flexibility index (Phi) is 4.33. The number of benzene rings is 1. The van der Waals surface area contributed by atoms with Crippen molar-refractivity contribution in [2.24, 2.45) is 0 Å². The summed E-state index contributed by atoms with van der Waals surface area (Å²) < 4.78 is 27.5. The molecule has 0 radical (unpaired) electrons. The van der Waals surface area contributed by atoms with Crippen molar-refractivity contribution < 1.29 is 17.9 Å². The molecule has 0 saturated carbocycles. The van der Waals surface area contributed by atoms with Gasteiger partial charge in [-0.15, -0.1) is 0 Å². The minimum Gasteiger partial charge on any atom is -0.444 e. The fourth-order valence-corrected chi connectivity index (χ4v) is 1.98. The van der Waals surface area contributed by atoms with Crippen LogP contribution in [-0.2, 0) is 14.6 Å². The van der Waals surface area contributed by atoms with Crippen LogP contribution in [0, 0.1) is 11.3 Å². The largest absolute Gasteiger partial charge is 0.444 e. The molecule has 96 valence electrons. The Balaban J connectivity index is 3.17. The number of sulfone groups is 1. The summed E-state index contributed by atoms with van der Waals surface area (Å²) in [7, 11) is -3.44. The predicted molar refractivity (Wildman–Crippen MR) is 65.1 cm³/mol. The molecule has 0 heterocycles. The summed E-state index contributed by atoms with van der Waals surface area (Å²) >= 11 is 5.79. The van der Waals surface area contributed by atoms with Gasteiger partial charge in [-0.1, -0.05) is 11.6 Å². The predicted octanol–water partition coefficient (Wildman–Crippen LogP) is 1.81. The molecule has 0 bridgehead atoms. The van der Waals surface area contributed by atoms with E-state index in [0.717, 1.165) is 12.3 Å². The van der Waals surface area contributed by atoms with Gasteiger partial charge in [0.15, 0.2) is 15.9 Å². The van der Waals surface area contributed by atoms with Gasteiger partial charge in [-0.2, -0.15) is 5.26 Å². The lowest BCUT2D eigenvalue weighted by atomic mass is 10.2. The molecule has 1 atom stereocenters. The number of nitrogens with zero attached hydrogens (tertiary/aromatic N) is 1. The molecule has 0 amide bonds. The first-order chi connectivity index (χ1) is 8.25. The third-order valence-electron chi connectivity index (χ3n) is 2.05. The van der Waals surface area contributed by atoms with Gasteiger partial charge < -0.3 is 4.74 Å². The van der Waals surface area contributed by atoms with Crippen LogP contribution in [0.25, 0.3) is 0 Å². The quantitative estimate of drug-likeness (QED) is 0.792. The Bertz CT molecular complexity index is 618. The number of carbonyl (C=O) groups is 1. The first kappa shape index (κ1) is 14.5. The first-order valence-electron chi connectivity index (χ1n) is 4.86. The highest BCUT2D eigenvalue weighted by atomic mass is 35.5. The van der Waals surface area contributed by atoms with Gasteiger partial charge in [-0.25, -0.2) is 13.2 Å². The zero-order valence-corrected chi connectivity index (χ0v) is 11.2. The van der Waals surface area contributed by atoms with Crippen LogP contribution < -0.4 is 0 Å². The van der Waals surface area contributed by atoms with Gasteiger partial charge in [0, 0.05) is 6.26 Å². The second kappa shape index (κ2) is 5.38. The lowest BCUT2D eigenvalue weighted by Gasteiger charge is -2.08. The van der Waals surface area contributed by atoms with Gasteiger partial charge in [0.1, 0.15) is 6.07 Å². The van der Waals surface area contributed by atoms with Crippen molar-refractivity contribution in [1.29, 1.82) is 5.26 Å². The van der Waals surface area contributed by atoms with Crippen LogP contribution in [-0.4, -0.2) is 26.7 Å². The number of halogens is 1. The van der Waals surface area contributed by atoms with Crippen LogP contribution in [0.3, 0.4) is 0 Å². The first-order valence-corrected chi connectivity index (χ1v) is 7.13. The van der Waals surface area contributed by atoms with E-state index in [1.165, 1.54) is 19.1 Å². The van der Waals surface area contributed by atoms with Gasteiger partial charge in [-0.05, 0) is 25.1 Å². The number of carbonyl (C=O) groups excluding carboxylic acids is 1. The topological polar surface area (TPSA) is 84.2 Å². The van der Waals surface area contributed by atoms with Crippen molar-refractivity contribution in [3.63, 3.8) is 0 Å². The van der Waals surface area contributed by atoms with Crippen molar-refractivity contribution >= 4 is 27.4 Å². The van der Waals surface area contributed by atoms with E-state index in [1.54, 1.807) is 6.07 Å². The monoisotopic (exact) mass is 287 g/mol. The fourth-order valence-electron chi connectivity index (χ4n) is 1.14. The highest BCUT2D eigenvalue weighted by molar-refractivity contribution is 7.90. The van der Waals surface area contributed by atoms with Gasteiger partial charge in [0.2, 0.25) is 0 Å². The molecular formula is C11H10ClNO4S. The maximum absolute atomic E-state index is 11.7. The second-order valence-electron chi connectivity index (χ2n) is 3.59. The average molecular weight is 288 g/mol. The van der Waals surface area contributed by atoms with Crippen molar-refractivity contribution in [2.45, 2.75) is 17.9 Å². The molecule has 0 aliphatic carbocycles. The Hall–Kier alpha value is -1.58. The third kappa shape index (κ3) is 3.45. The summed E-state index contributed by atoms with van der Waals surface area (Å²) in [5, 5.41) is 8.59. The average Bonchev–Trinajstić information content (AvgIpc) is 2.27. The molecule has 0 aliphatic heterocycles. The van der Waals surface area contributed by atoms with E-state index in [4.69, 9.17) is 21.6 Å². The molecule has 7 heteroatoms. The van der Waals surface area contributed by atoms with Crippen LogP contribution in [0.5, 0.6) is 0 Å². The Morgan fingerprint density at radius 1 is 1.50 bits per heavy atom. The zero-order chi connectivity index (χ0) is 13.9. The van der Waals surface area contributed by atoms with E-state index in [-0.39, 0.29) is 15.5 Å². The maximum Gasteiger partial charge on any atom is 0.340 e. The molecule has 0 aromatic heterocycles. The van der Waals surface area contributed by atoms with E-state index >= 15 is 0 Å². The van der Waals surface area contributed by atoms with E-state index in [0.29, 0.717) is 0 Å². The molecule has 1 rings (SSSR count). The minimum atomic E-state index is -3.44. The Morgan fingerprint density at radius 3 is 2.61 bits per heavy atom. The Labute approximate surface area is 110 Å². The van der Waals surface area contributed by atoms with Gasteiger partial charge in [-0.3, -0.25) is 0 Å². The lowest BCUT2D eigenvalue weighted by Crippen LogP contribution is -2.14. The molecule has 0 saturated heterocycles. The molecule has 5 nitrogen and oxygen atoms in total. The smallest absolute Gasteiger partial charge is 0.340 e. The van der Waals surface area contributed by atoms with Crippen LogP contribution >= 0.6 is 11.6 Å². The number of esters is 1. The van der Waals surface area contributed by atoms with E-state index in [1.807, 2.05) is 0 Å². The highest BCUT2D eigenvalue weighted by Crippen LogP contribution is 2.21. The molecule has 0 unspecified atom stereocenters. The molecule has 1 aromatic carbocycles. The van der Waals surface area contributed by atoms with E-state index in [2.05, 4.69) is 0 Å². The molecule has 1 aromatic rings. The second-order valence-corrected chi connectivity index (χ2v) is 6.01. The van der Waals surface area contributed by atoms with E-state index in [9.17, 15) is 13.2 Å².